The maximum absolute atomic E-state index is 12.7. The normalized spacial score (nSPS) is 17.8. The van der Waals surface area contributed by atoms with Gasteiger partial charge in [0.05, 0.1) is 30.2 Å². The molecule has 154 valence electrons. The first kappa shape index (κ1) is 18.9. The van der Waals surface area contributed by atoms with Crippen molar-refractivity contribution in [2.75, 3.05) is 38.7 Å². The lowest BCUT2D eigenvalue weighted by Crippen LogP contribution is -2.62. The Labute approximate surface area is 177 Å². The molecule has 3 heterocycles. The van der Waals surface area contributed by atoms with Gasteiger partial charge in [0.1, 0.15) is 17.8 Å². The minimum Gasteiger partial charge on any atom is -0.494 e. The summed E-state index contributed by atoms with van der Waals surface area (Å²) in [6.07, 6.45) is 1.03. The molecular formula is C21H19ClN4O4. The van der Waals surface area contributed by atoms with Crippen LogP contribution in [0.2, 0.25) is 5.02 Å². The van der Waals surface area contributed by atoms with Crippen molar-refractivity contribution in [3.05, 3.63) is 47.7 Å². The van der Waals surface area contributed by atoms with Crippen molar-refractivity contribution in [1.29, 1.82) is 0 Å². The van der Waals surface area contributed by atoms with Gasteiger partial charge in [0, 0.05) is 24.2 Å². The zero-order chi connectivity index (χ0) is 20.9. The number of halogens is 1. The molecule has 2 aliphatic rings. The number of hydrogen-bond acceptors (Lipinski definition) is 7. The molecule has 0 N–H and O–H groups in total. The lowest BCUT2D eigenvalue weighted by Gasteiger charge is -2.43. The van der Waals surface area contributed by atoms with Crippen LogP contribution in [0.15, 0.2) is 42.7 Å². The van der Waals surface area contributed by atoms with E-state index in [0.717, 1.165) is 0 Å². The molecule has 2 fully saturated rings. The third kappa shape index (κ3) is 3.18. The van der Waals surface area contributed by atoms with Crippen molar-refractivity contribution in [2.45, 2.75) is 5.60 Å². The highest BCUT2D eigenvalue weighted by molar-refractivity contribution is 6.30. The van der Waals surface area contributed by atoms with Gasteiger partial charge in [-0.05, 0) is 31.3 Å². The van der Waals surface area contributed by atoms with Crippen molar-refractivity contribution < 1.29 is 19.0 Å². The zero-order valence-corrected chi connectivity index (χ0v) is 17.2. The number of rotatable bonds is 4. The van der Waals surface area contributed by atoms with E-state index in [1.54, 1.807) is 48.4 Å². The number of benzene rings is 2. The number of methoxy groups -OCH3 is 1. The molecule has 3 aromatic rings. The summed E-state index contributed by atoms with van der Waals surface area (Å²) in [6, 6.07) is 10.6. The number of carbonyl (C=O) groups excluding carboxylic acids is 1. The largest absolute Gasteiger partial charge is 0.494 e. The predicted octanol–water partition coefficient (Wildman–Crippen LogP) is 3.72. The minimum atomic E-state index is -0.473. The van der Waals surface area contributed by atoms with E-state index >= 15 is 0 Å². The third-order valence-corrected chi connectivity index (χ3v) is 5.52. The van der Waals surface area contributed by atoms with Crippen molar-refractivity contribution in [3.8, 4) is 17.4 Å². The number of carbonyl (C=O) groups is 1. The van der Waals surface area contributed by atoms with Gasteiger partial charge in [0.15, 0.2) is 5.60 Å². The van der Waals surface area contributed by atoms with Gasteiger partial charge >= 0.3 is 6.09 Å². The smallest absolute Gasteiger partial charge is 0.415 e. The van der Waals surface area contributed by atoms with Crippen LogP contribution in [-0.4, -0.2) is 60.4 Å². The first-order valence-electron chi connectivity index (χ1n) is 9.42. The first-order valence-corrected chi connectivity index (χ1v) is 9.79. The quantitative estimate of drug-likeness (QED) is 0.629. The Morgan fingerprint density at radius 2 is 2.00 bits per heavy atom. The molecule has 0 bridgehead atoms. The number of amides is 1. The summed E-state index contributed by atoms with van der Waals surface area (Å²) < 4.78 is 17.2. The molecule has 0 saturated carbocycles. The van der Waals surface area contributed by atoms with Crippen LogP contribution < -0.4 is 14.4 Å². The van der Waals surface area contributed by atoms with Gasteiger partial charge in [-0.15, -0.1) is 0 Å². The summed E-state index contributed by atoms with van der Waals surface area (Å²) in [7, 11) is 3.55. The SMILES string of the molecule is COc1cc2ncnc(Oc3cccc(Cl)c3)c2cc1N1CC2(CN(C)C2)OC1=O. The molecule has 0 unspecified atom stereocenters. The van der Waals surface area contributed by atoms with E-state index in [4.69, 9.17) is 25.8 Å². The van der Waals surface area contributed by atoms with Crippen LogP contribution in [0.1, 0.15) is 0 Å². The van der Waals surface area contributed by atoms with Crippen LogP contribution in [0.5, 0.6) is 17.4 Å². The summed E-state index contributed by atoms with van der Waals surface area (Å²) in [5, 5.41) is 1.21. The number of likely N-dealkylation sites (N-methyl/N-ethyl adjacent to an activating group) is 1. The lowest BCUT2D eigenvalue weighted by molar-refractivity contribution is -0.0599. The third-order valence-electron chi connectivity index (χ3n) is 5.29. The summed E-state index contributed by atoms with van der Waals surface area (Å²) in [4.78, 5) is 25.0. The van der Waals surface area contributed by atoms with Crippen LogP contribution in [-0.2, 0) is 4.74 Å². The van der Waals surface area contributed by atoms with E-state index < -0.39 is 11.7 Å². The Bertz CT molecular complexity index is 1150. The van der Waals surface area contributed by atoms with E-state index in [2.05, 4.69) is 14.9 Å². The van der Waals surface area contributed by atoms with Gasteiger partial charge in [-0.1, -0.05) is 17.7 Å². The number of aromatic nitrogens is 2. The average molecular weight is 427 g/mol. The minimum absolute atomic E-state index is 0.358. The Balaban J connectivity index is 1.56. The second kappa shape index (κ2) is 7.00. The number of ether oxygens (including phenoxy) is 3. The van der Waals surface area contributed by atoms with Crippen molar-refractivity contribution in [1.82, 2.24) is 14.9 Å². The van der Waals surface area contributed by atoms with Gasteiger partial charge in [-0.2, -0.15) is 0 Å². The standard InChI is InChI=1S/C21H19ClN4O4/c1-25-9-21(10-25)11-26(20(27)30-21)17-7-15-16(8-18(17)28-2)23-12-24-19(15)29-14-5-3-4-13(22)6-14/h3-8,12H,9-11H2,1-2H3. The second-order valence-corrected chi connectivity index (χ2v) is 8.03. The maximum Gasteiger partial charge on any atom is 0.415 e. The summed E-state index contributed by atoms with van der Waals surface area (Å²) in [5.74, 6) is 1.44. The fraction of sp³-hybridized carbons (Fsp3) is 0.286. The van der Waals surface area contributed by atoms with Crippen LogP contribution >= 0.6 is 11.6 Å². The van der Waals surface area contributed by atoms with E-state index in [0.29, 0.717) is 58.6 Å². The predicted molar refractivity (Wildman–Crippen MR) is 112 cm³/mol. The van der Waals surface area contributed by atoms with Gasteiger partial charge < -0.3 is 14.2 Å². The molecular weight excluding hydrogens is 408 g/mol. The Kier molecular flexibility index (Phi) is 4.41. The molecule has 2 aromatic carbocycles. The summed E-state index contributed by atoms with van der Waals surface area (Å²) in [5.41, 5.74) is 0.750. The van der Waals surface area contributed by atoms with Crippen LogP contribution in [0, 0.1) is 0 Å². The highest BCUT2D eigenvalue weighted by Crippen LogP contribution is 2.41. The Morgan fingerprint density at radius 3 is 2.73 bits per heavy atom. The summed E-state index contributed by atoms with van der Waals surface area (Å²) >= 11 is 6.06. The van der Waals surface area contributed by atoms with Gasteiger partial charge in [-0.25, -0.2) is 14.8 Å². The lowest BCUT2D eigenvalue weighted by atomic mass is 9.95. The molecule has 9 heteroatoms. The van der Waals surface area contributed by atoms with Crippen molar-refractivity contribution in [3.63, 3.8) is 0 Å². The highest BCUT2D eigenvalue weighted by Gasteiger charge is 2.53. The van der Waals surface area contributed by atoms with Crippen molar-refractivity contribution in [2.24, 2.45) is 0 Å². The van der Waals surface area contributed by atoms with E-state index in [9.17, 15) is 4.79 Å². The molecule has 0 aliphatic carbocycles. The molecule has 30 heavy (non-hydrogen) atoms. The molecule has 1 aromatic heterocycles. The number of hydrogen-bond donors (Lipinski definition) is 0. The van der Waals surface area contributed by atoms with Gasteiger partial charge in [0.25, 0.3) is 0 Å². The first-order chi connectivity index (χ1) is 14.5. The van der Waals surface area contributed by atoms with Crippen LogP contribution in [0.25, 0.3) is 10.9 Å². The van der Waals surface area contributed by atoms with Crippen LogP contribution in [0.4, 0.5) is 10.5 Å². The zero-order valence-electron chi connectivity index (χ0n) is 16.5. The Hall–Kier alpha value is -3.10. The molecule has 2 aliphatic heterocycles. The fourth-order valence-corrected chi connectivity index (χ4v) is 4.24. The van der Waals surface area contributed by atoms with Crippen LogP contribution in [0.3, 0.4) is 0 Å². The van der Waals surface area contributed by atoms with E-state index in [1.165, 1.54) is 6.33 Å². The fourth-order valence-electron chi connectivity index (χ4n) is 4.06. The van der Waals surface area contributed by atoms with Crippen molar-refractivity contribution >= 4 is 34.3 Å². The highest BCUT2D eigenvalue weighted by atomic mass is 35.5. The monoisotopic (exact) mass is 426 g/mol. The molecule has 2 saturated heterocycles. The number of nitrogens with zero attached hydrogens (tertiary/aromatic N) is 4. The average Bonchev–Trinajstić information content (AvgIpc) is 3.04. The summed E-state index contributed by atoms with van der Waals surface area (Å²) in [6.45, 7) is 1.87. The topological polar surface area (TPSA) is 77.0 Å². The van der Waals surface area contributed by atoms with E-state index in [-0.39, 0.29) is 0 Å². The molecule has 8 nitrogen and oxygen atoms in total. The maximum atomic E-state index is 12.7. The molecule has 1 spiro atoms. The van der Waals surface area contributed by atoms with Gasteiger partial charge in [-0.3, -0.25) is 9.80 Å². The molecule has 0 atom stereocenters. The van der Waals surface area contributed by atoms with E-state index in [1.807, 2.05) is 7.05 Å². The number of likely N-dealkylation sites (tertiary alicyclic amines) is 1. The molecule has 0 radical (unpaired) electrons. The number of anilines is 1. The van der Waals surface area contributed by atoms with Gasteiger partial charge in [0.2, 0.25) is 5.88 Å². The number of fused-ring (bicyclic) bond motifs is 1. The second-order valence-electron chi connectivity index (χ2n) is 7.59. The molecule has 1 amide bonds. The molecule has 5 rings (SSSR count). The Morgan fingerprint density at radius 1 is 1.17 bits per heavy atom.